The quantitative estimate of drug-likeness (QED) is 0.364. The largest absolute Gasteiger partial charge is 0.394 e. The van der Waals surface area contributed by atoms with Crippen molar-refractivity contribution in [3.05, 3.63) is 35.9 Å². The van der Waals surface area contributed by atoms with E-state index in [1.54, 1.807) is 24.3 Å². The first-order chi connectivity index (χ1) is 10.5. The van der Waals surface area contributed by atoms with Gasteiger partial charge in [-0.15, -0.1) is 0 Å². The Bertz CT molecular complexity index is 521. The van der Waals surface area contributed by atoms with Gasteiger partial charge in [-0.2, -0.15) is 0 Å². The zero-order valence-electron chi connectivity index (χ0n) is 12.0. The number of carbonyl (C=O) groups excluding carboxylic acids is 3. The molecule has 0 aromatic heterocycles. The van der Waals surface area contributed by atoms with E-state index in [0.717, 1.165) is 5.56 Å². The number of hydrogen-bond acceptors (Lipinski definition) is 5. The molecule has 3 amide bonds. The van der Waals surface area contributed by atoms with Gasteiger partial charge in [0.2, 0.25) is 17.7 Å². The van der Waals surface area contributed by atoms with Crippen LogP contribution in [0.25, 0.3) is 0 Å². The van der Waals surface area contributed by atoms with Gasteiger partial charge in [-0.1, -0.05) is 30.3 Å². The molecule has 22 heavy (non-hydrogen) atoms. The van der Waals surface area contributed by atoms with Gasteiger partial charge in [0.15, 0.2) is 0 Å². The summed E-state index contributed by atoms with van der Waals surface area (Å²) < 4.78 is 0. The van der Waals surface area contributed by atoms with Gasteiger partial charge >= 0.3 is 0 Å². The predicted molar refractivity (Wildman–Crippen MR) is 79.3 cm³/mol. The third-order valence-electron chi connectivity index (χ3n) is 2.96. The smallest absolute Gasteiger partial charge is 0.245 e. The van der Waals surface area contributed by atoms with E-state index in [2.05, 4.69) is 10.6 Å². The summed E-state index contributed by atoms with van der Waals surface area (Å²) in [5, 5.41) is 13.8. The molecule has 120 valence electrons. The molecule has 1 aromatic carbocycles. The normalized spacial score (nSPS) is 13.0. The Morgan fingerprint density at radius 1 is 1.09 bits per heavy atom. The number of amides is 3. The number of hydrogen-bond donors (Lipinski definition) is 5. The van der Waals surface area contributed by atoms with Crippen LogP contribution in [0.1, 0.15) is 5.56 Å². The van der Waals surface area contributed by atoms with Gasteiger partial charge in [-0.3, -0.25) is 14.4 Å². The summed E-state index contributed by atoms with van der Waals surface area (Å²) in [6.07, 6.45) is 0.213. The van der Waals surface area contributed by atoms with Crippen molar-refractivity contribution in [1.82, 2.24) is 10.6 Å². The minimum atomic E-state index is -1.19. The molecule has 0 aliphatic rings. The highest BCUT2D eigenvalue weighted by atomic mass is 16.3. The second-order valence-electron chi connectivity index (χ2n) is 4.66. The van der Waals surface area contributed by atoms with Gasteiger partial charge in [-0.25, -0.2) is 0 Å². The summed E-state index contributed by atoms with van der Waals surface area (Å²) in [5.74, 6) is -2.00. The molecule has 0 saturated carbocycles. The lowest BCUT2D eigenvalue weighted by molar-refractivity contribution is -0.131. The van der Waals surface area contributed by atoms with Crippen molar-refractivity contribution in [2.24, 2.45) is 11.5 Å². The Morgan fingerprint density at radius 3 is 2.23 bits per heavy atom. The van der Waals surface area contributed by atoms with Gasteiger partial charge in [-0.05, 0) is 5.56 Å². The number of nitrogens with two attached hydrogens (primary N) is 2. The summed E-state index contributed by atoms with van der Waals surface area (Å²) in [7, 11) is 0. The lowest BCUT2D eigenvalue weighted by atomic mass is 10.1. The molecule has 8 heteroatoms. The number of nitrogens with one attached hydrogen (secondary N) is 2. The molecule has 0 bridgehead atoms. The molecule has 7 N–H and O–H groups in total. The minimum absolute atomic E-state index is 0.213. The Morgan fingerprint density at radius 2 is 1.73 bits per heavy atom. The van der Waals surface area contributed by atoms with Crippen LogP contribution in [-0.4, -0.2) is 48.1 Å². The van der Waals surface area contributed by atoms with Crippen molar-refractivity contribution < 1.29 is 19.5 Å². The topological polar surface area (TPSA) is 148 Å². The number of benzene rings is 1. The van der Waals surface area contributed by atoms with Crippen LogP contribution < -0.4 is 22.1 Å². The number of carbonyl (C=O) groups is 3. The van der Waals surface area contributed by atoms with Gasteiger partial charge in [0.1, 0.15) is 12.1 Å². The molecule has 0 aliphatic heterocycles. The molecule has 0 radical (unpaired) electrons. The maximum atomic E-state index is 12.0. The van der Waals surface area contributed by atoms with Crippen LogP contribution in [0.15, 0.2) is 30.3 Å². The third kappa shape index (κ3) is 5.51. The molecule has 0 unspecified atom stereocenters. The second kappa shape index (κ2) is 8.75. The average Bonchev–Trinajstić information content (AvgIpc) is 2.52. The van der Waals surface area contributed by atoms with Gasteiger partial charge in [0.25, 0.3) is 0 Å². The van der Waals surface area contributed by atoms with E-state index in [1.165, 1.54) is 0 Å². The van der Waals surface area contributed by atoms with Gasteiger partial charge in [0, 0.05) is 6.42 Å². The molecule has 8 nitrogen and oxygen atoms in total. The molecule has 0 heterocycles. The SMILES string of the molecule is NCC(=O)N[C@@H](CO)C(=O)N[C@@H](Cc1ccccc1)C(N)=O. The van der Waals surface area contributed by atoms with E-state index in [0.29, 0.717) is 0 Å². The van der Waals surface area contributed by atoms with E-state index in [-0.39, 0.29) is 13.0 Å². The van der Waals surface area contributed by atoms with Crippen molar-refractivity contribution >= 4 is 17.7 Å². The van der Waals surface area contributed by atoms with Crippen LogP contribution in [0, 0.1) is 0 Å². The fourth-order valence-corrected chi connectivity index (χ4v) is 1.79. The molecule has 1 rings (SSSR count). The number of rotatable bonds is 8. The third-order valence-corrected chi connectivity index (χ3v) is 2.96. The average molecular weight is 308 g/mol. The summed E-state index contributed by atoms with van der Waals surface area (Å²) in [4.78, 5) is 34.6. The molecule has 0 saturated heterocycles. The lowest BCUT2D eigenvalue weighted by Gasteiger charge is -2.20. The molecule has 0 fully saturated rings. The van der Waals surface area contributed by atoms with Gasteiger partial charge in [0.05, 0.1) is 13.2 Å². The number of aliphatic hydroxyl groups is 1. The van der Waals surface area contributed by atoms with Crippen molar-refractivity contribution in [2.75, 3.05) is 13.2 Å². The molecule has 2 atom stereocenters. The highest BCUT2D eigenvalue weighted by Gasteiger charge is 2.25. The van der Waals surface area contributed by atoms with E-state index < -0.39 is 36.4 Å². The first-order valence-corrected chi connectivity index (χ1v) is 6.71. The molecule has 0 spiro atoms. The fourth-order valence-electron chi connectivity index (χ4n) is 1.79. The zero-order valence-corrected chi connectivity index (χ0v) is 12.0. The Kier molecular flexibility index (Phi) is 7.00. The van der Waals surface area contributed by atoms with Crippen molar-refractivity contribution in [3.8, 4) is 0 Å². The standard InChI is InChI=1S/C14H20N4O4/c15-7-12(20)17-11(8-19)14(22)18-10(13(16)21)6-9-4-2-1-3-5-9/h1-5,10-11,19H,6-8,15H2,(H2,16,21)(H,17,20)(H,18,22)/t10-,11-/m0/s1. The molecular weight excluding hydrogens is 288 g/mol. The Balaban J connectivity index is 2.71. The van der Waals surface area contributed by atoms with E-state index >= 15 is 0 Å². The van der Waals surface area contributed by atoms with Crippen LogP contribution in [0.5, 0.6) is 0 Å². The molecule has 1 aromatic rings. The van der Waals surface area contributed by atoms with Gasteiger partial charge < -0.3 is 27.2 Å². The predicted octanol–water partition coefficient (Wildman–Crippen LogP) is -2.36. The first kappa shape index (κ1) is 17.6. The monoisotopic (exact) mass is 308 g/mol. The molecule has 0 aliphatic carbocycles. The first-order valence-electron chi connectivity index (χ1n) is 6.71. The maximum Gasteiger partial charge on any atom is 0.245 e. The highest BCUT2D eigenvalue weighted by Crippen LogP contribution is 2.03. The van der Waals surface area contributed by atoms with Crippen LogP contribution in [0.2, 0.25) is 0 Å². The Hall–Kier alpha value is -2.45. The summed E-state index contributed by atoms with van der Waals surface area (Å²) >= 11 is 0. The van der Waals surface area contributed by atoms with E-state index in [9.17, 15) is 14.4 Å². The number of aliphatic hydroxyl groups excluding tert-OH is 1. The van der Waals surface area contributed by atoms with Crippen LogP contribution in [-0.2, 0) is 20.8 Å². The Labute approximate surface area is 127 Å². The number of primary amides is 1. The second-order valence-corrected chi connectivity index (χ2v) is 4.66. The lowest BCUT2D eigenvalue weighted by Crippen LogP contribution is -2.55. The highest BCUT2D eigenvalue weighted by molar-refractivity contribution is 5.92. The minimum Gasteiger partial charge on any atom is -0.394 e. The summed E-state index contributed by atoms with van der Waals surface area (Å²) in [5.41, 5.74) is 11.2. The maximum absolute atomic E-state index is 12.0. The fraction of sp³-hybridized carbons (Fsp3) is 0.357. The zero-order chi connectivity index (χ0) is 16.5. The van der Waals surface area contributed by atoms with Crippen LogP contribution in [0.3, 0.4) is 0 Å². The summed E-state index contributed by atoms with van der Waals surface area (Å²) in [6, 6.07) is 6.88. The van der Waals surface area contributed by atoms with Crippen molar-refractivity contribution in [2.45, 2.75) is 18.5 Å². The van der Waals surface area contributed by atoms with Crippen molar-refractivity contribution in [3.63, 3.8) is 0 Å². The van der Waals surface area contributed by atoms with Crippen LogP contribution >= 0.6 is 0 Å². The molecular formula is C14H20N4O4. The van der Waals surface area contributed by atoms with E-state index in [1.807, 2.05) is 6.07 Å². The summed E-state index contributed by atoms with van der Waals surface area (Å²) in [6.45, 7) is -0.929. The van der Waals surface area contributed by atoms with Crippen LogP contribution in [0.4, 0.5) is 0 Å². The van der Waals surface area contributed by atoms with E-state index in [4.69, 9.17) is 16.6 Å². The van der Waals surface area contributed by atoms with Crippen molar-refractivity contribution in [1.29, 1.82) is 0 Å².